The van der Waals surface area contributed by atoms with Gasteiger partial charge in [0.15, 0.2) is 18.9 Å². The highest BCUT2D eigenvalue weighted by Gasteiger charge is 2.10. The van der Waals surface area contributed by atoms with E-state index in [1.165, 1.54) is 6.21 Å². The molecule has 0 radical (unpaired) electrons. The fourth-order valence-corrected chi connectivity index (χ4v) is 2.84. The van der Waals surface area contributed by atoms with Crippen LogP contribution in [0.5, 0.6) is 0 Å². The Kier molecular flexibility index (Phi) is 6.00. The van der Waals surface area contributed by atoms with Gasteiger partial charge in [-0.25, -0.2) is 5.43 Å². The van der Waals surface area contributed by atoms with Crippen molar-refractivity contribution in [1.29, 1.82) is 0 Å². The molecular weight excluding hydrogens is 369 g/mol. The van der Waals surface area contributed by atoms with Gasteiger partial charge in [0.2, 0.25) is 0 Å². The number of hydrogen-bond acceptors (Lipinski definition) is 2. The van der Waals surface area contributed by atoms with Gasteiger partial charge in [0, 0.05) is 22.2 Å². The van der Waals surface area contributed by atoms with Gasteiger partial charge >= 0.3 is 0 Å². The molecule has 0 atom stereocenters. The minimum Gasteiger partial charge on any atom is -0.267 e. The van der Waals surface area contributed by atoms with Crippen LogP contribution < -0.4 is 9.99 Å². The van der Waals surface area contributed by atoms with Crippen LogP contribution in [-0.2, 0) is 6.54 Å². The Balaban J connectivity index is 1.66. The third kappa shape index (κ3) is 4.91. The van der Waals surface area contributed by atoms with Crippen LogP contribution in [-0.4, -0.2) is 12.1 Å². The minimum atomic E-state index is -0.297. The first-order chi connectivity index (χ1) is 12.6. The number of hydrazone groups is 1. The summed E-state index contributed by atoms with van der Waals surface area (Å²) < 4.78 is 1.95. The zero-order chi connectivity index (χ0) is 18.4. The lowest BCUT2D eigenvalue weighted by Gasteiger charge is -2.01. The second-order valence-corrected chi connectivity index (χ2v) is 6.46. The molecule has 26 heavy (non-hydrogen) atoms. The average molecular weight is 385 g/mol. The standard InChI is InChI=1S/C20H15Cl2N3O/c21-18-9-8-16(19(22)11-18)12-23-24-20(26)17-7-4-10-25(14-17)13-15-5-2-1-3-6-15/h1-12,14H,13H2/p+1. The first kappa shape index (κ1) is 18.1. The zero-order valence-corrected chi connectivity index (χ0v) is 15.3. The average Bonchev–Trinajstić information content (AvgIpc) is 2.64. The zero-order valence-electron chi connectivity index (χ0n) is 13.8. The van der Waals surface area contributed by atoms with Gasteiger partial charge in [-0.2, -0.15) is 9.67 Å². The third-order valence-corrected chi connectivity index (χ3v) is 4.22. The number of pyridine rings is 1. The van der Waals surface area contributed by atoms with Crippen molar-refractivity contribution < 1.29 is 9.36 Å². The number of rotatable bonds is 5. The van der Waals surface area contributed by atoms with Crippen molar-refractivity contribution in [3.05, 3.63) is 99.8 Å². The number of amides is 1. The number of nitrogens with one attached hydrogen (secondary N) is 1. The number of hydrogen-bond donors (Lipinski definition) is 1. The van der Waals surface area contributed by atoms with Crippen LogP contribution in [0.15, 0.2) is 78.2 Å². The summed E-state index contributed by atoms with van der Waals surface area (Å²) in [4.78, 5) is 12.3. The molecule has 2 aromatic carbocycles. The maximum atomic E-state index is 12.3. The van der Waals surface area contributed by atoms with Crippen molar-refractivity contribution in [1.82, 2.24) is 5.43 Å². The minimum absolute atomic E-state index is 0.297. The highest BCUT2D eigenvalue weighted by Crippen LogP contribution is 2.19. The molecule has 0 aliphatic heterocycles. The SMILES string of the molecule is O=C(NN=Cc1ccc(Cl)cc1Cl)c1ccc[n+](Cc2ccccc2)c1. The first-order valence-corrected chi connectivity index (χ1v) is 8.69. The molecule has 1 heterocycles. The summed E-state index contributed by atoms with van der Waals surface area (Å²) in [6.07, 6.45) is 5.19. The van der Waals surface area contributed by atoms with Crippen LogP contribution in [0.2, 0.25) is 10.0 Å². The van der Waals surface area contributed by atoms with Crippen molar-refractivity contribution in [2.75, 3.05) is 0 Å². The molecule has 0 bridgehead atoms. The number of nitrogens with zero attached hydrogens (tertiary/aromatic N) is 2. The van der Waals surface area contributed by atoms with Gasteiger partial charge in [0.1, 0.15) is 5.56 Å². The van der Waals surface area contributed by atoms with Gasteiger partial charge in [-0.15, -0.1) is 0 Å². The summed E-state index contributed by atoms with van der Waals surface area (Å²) >= 11 is 11.9. The van der Waals surface area contributed by atoms with Crippen LogP contribution in [0.25, 0.3) is 0 Å². The van der Waals surface area contributed by atoms with Crippen molar-refractivity contribution in [2.45, 2.75) is 6.54 Å². The second-order valence-electron chi connectivity index (χ2n) is 5.62. The third-order valence-electron chi connectivity index (χ3n) is 3.66. The molecule has 130 valence electrons. The van der Waals surface area contributed by atoms with Gasteiger partial charge in [0.25, 0.3) is 5.91 Å². The summed E-state index contributed by atoms with van der Waals surface area (Å²) in [6, 6.07) is 18.7. The van der Waals surface area contributed by atoms with Crippen LogP contribution in [0.1, 0.15) is 21.5 Å². The topological polar surface area (TPSA) is 45.3 Å². The summed E-state index contributed by atoms with van der Waals surface area (Å²) in [6.45, 7) is 0.686. The molecule has 6 heteroatoms. The molecule has 3 aromatic rings. The molecule has 3 rings (SSSR count). The molecule has 0 unspecified atom stereocenters. The van der Waals surface area contributed by atoms with E-state index in [4.69, 9.17) is 23.2 Å². The largest absolute Gasteiger partial charge is 0.277 e. The van der Waals surface area contributed by atoms with Gasteiger partial charge in [-0.05, 0) is 18.2 Å². The lowest BCUT2D eigenvalue weighted by molar-refractivity contribution is -0.688. The number of halogens is 2. The van der Waals surface area contributed by atoms with Gasteiger partial charge in [-0.1, -0.05) is 59.6 Å². The van der Waals surface area contributed by atoms with Crippen LogP contribution in [0.4, 0.5) is 0 Å². The molecule has 0 fully saturated rings. The Morgan fingerprint density at radius 3 is 2.65 bits per heavy atom. The maximum absolute atomic E-state index is 12.3. The Hall–Kier alpha value is -2.69. The van der Waals surface area contributed by atoms with E-state index in [1.807, 2.05) is 47.2 Å². The number of carbonyl (C=O) groups is 1. The fourth-order valence-electron chi connectivity index (χ4n) is 2.38. The predicted molar refractivity (Wildman–Crippen MR) is 104 cm³/mol. The molecule has 1 N–H and O–H groups in total. The highest BCUT2D eigenvalue weighted by atomic mass is 35.5. The lowest BCUT2D eigenvalue weighted by atomic mass is 10.2. The van der Waals surface area contributed by atoms with E-state index in [-0.39, 0.29) is 5.91 Å². The summed E-state index contributed by atoms with van der Waals surface area (Å²) in [7, 11) is 0. The van der Waals surface area contributed by atoms with Crippen molar-refractivity contribution in [3.8, 4) is 0 Å². The Bertz CT molecular complexity index is 943. The Morgan fingerprint density at radius 2 is 1.88 bits per heavy atom. The number of carbonyl (C=O) groups excluding carboxylic acids is 1. The normalized spacial score (nSPS) is 10.8. The van der Waals surface area contributed by atoms with E-state index >= 15 is 0 Å². The maximum Gasteiger partial charge on any atom is 0.277 e. The molecule has 0 spiro atoms. The van der Waals surface area contributed by atoms with Crippen molar-refractivity contribution in [3.63, 3.8) is 0 Å². The van der Waals surface area contributed by atoms with Crippen LogP contribution in [0.3, 0.4) is 0 Å². The second kappa shape index (κ2) is 8.61. The smallest absolute Gasteiger partial charge is 0.267 e. The van der Waals surface area contributed by atoms with E-state index in [0.29, 0.717) is 27.7 Å². The van der Waals surface area contributed by atoms with Crippen molar-refractivity contribution in [2.24, 2.45) is 5.10 Å². The van der Waals surface area contributed by atoms with E-state index < -0.39 is 0 Å². The van der Waals surface area contributed by atoms with Gasteiger partial charge < -0.3 is 0 Å². The summed E-state index contributed by atoms with van der Waals surface area (Å²) in [5, 5.41) is 4.97. The fraction of sp³-hybridized carbons (Fsp3) is 0.0500. The molecule has 1 aromatic heterocycles. The summed E-state index contributed by atoms with van der Waals surface area (Å²) in [5.41, 5.74) is 4.85. The molecule has 0 aliphatic carbocycles. The van der Waals surface area contributed by atoms with Crippen LogP contribution in [0, 0.1) is 0 Å². The van der Waals surface area contributed by atoms with Gasteiger partial charge in [-0.3, -0.25) is 4.79 Å². The molecule has 1 amide bonds. The van der Waals surface area contributed by atoms with E-state index in [9.17, 15) is 4.79 Å². The van der Waals surface area contributed by atoms with Crippen LogP contribution >= 0.6 is 23.2 Å². The monoisotopic (exact) mass is 384 g/mol. The quantitative estimate of drug-likeness (QED) is 0.401. The Morgan fingerprint density at radius 1 is 1.08 bits per heavy atom. The number of aromatic nitrogens is 1. The lowest BCUT2D eigenvalue weighted by Crippen LogP contribution is -2.35. The van der Waals surface area contributed by atoms with E-state index in [0.717, 1.165) is 5.56 Å². The van der Waals surface area contributed by atoms with E-state index in [1.54, 1.807) is 30.5 Å². The van der Waals surface area contributed by atoms with E-state index in [2.05, 4.69) is 10.5 Å². The molecule has 0 saturated heterocycles. The molecular formula is C20H16Cl2N3O+. The highest BCUT2D eigenvalue weighted by molar-refractivity contribution is 6.36. The molecule has 4 nitrogen and oxygen atoms in total. The number of benzene rings is 2. The molecule has 0 aliphatic rings. The molecule has 0 saturated carbocycles. The summed E-state index contributed by atoms with van der Waals surface area (Å²) in [5.74, 6) is -0.297. The van der Waals surface area contributed by atoms with Crippen molar-refractivity contribution >= 4 is 35.3 Å². The first-order valence-electron chi connectivity index (χ1n) is 7.93. The van der Waals surface area contributed by atoms with Gasteiger partial charge in [0.05, 0.1) is 11.2 Å². The Labute approximate surface area is 161 Å². The predicted octanol–water partition coefficient (Wildman–Crippen LogP) is 4.09.